The van der Waals surface area contributed by atoms with Crippen LogP contribution in [0.2, 0.25) is 0 Å². The van der Waals surface area contributed by atoms with E-state index in [0.717, 1.165) is 0 Å². The molecule has 0 saturated carbocycles. The fourth-order valence-corrected chi connectivity index (χ4v) is 5.20. The van der Waals surface area contributed by atoms with Gasteiger partial charge in [-0.3, -0.25) is 0 Å². The molecule has 0 bridgehead atoms. The predicted molar refractivity (Wildman–Crippen MR) is 168 cm³/mol. The van der Waals surface area contributed by atoms with Crippen molar-refractivity contribution in [2.24, 2.45) is 0 Å². The van der Waals surface area contributed by atoms with Crippen LogP contribution in [0.3, 0.4) is 0 Å². The van der Waals surface area contributed by atoms with Gasteiger partial charge in [-0.1, -0.05) is 179 Å². The molecule has 0 aliphatic carbocycles. The minimum Gasteiger partial charge on any atom is -0.0885 e. The van der Waals surface area contributed by atoms with E-state index in [1.807, 2.05) is 0 Å². The van der Waals surface area contributed by atoms with Crippen LogP contribution in [-0.2, 0) is 0 Å². The molecule has 0 heterocycles. The van der Waals surface area contributed by atoms with E-state index < -0.39 is 0 Å². The van der Waals surface area contributed by atoms with E-state index in [1.54, 1.807) is 0 Å². The van der Waals surface area contributed by atoms with E-state index in [0.29, 0.717) is 0 Å². The summed E-state index contributed by atoms with van der Waals surface area (Å²) in [5, 5.41) is 0. The quantitative estimate of drug-likeness (QED) is 0.0653. The first-order chi connectivity index (χ1) is 17.9. The van der Waals surface area contributed by atoms with Gasteiger partial charge in [-0.25, -0.2) is 0 Å². The Morgan fingerprint density at radius 2 is 0.389 bits per heavy atom. The summed E-state index contributed by atoms with van der Waals surface area (Å²) in [5.41, 5.74) is 0. The van der Waals surface area contributed by atoms with Crippen LogP contribution in [0.15, 0.2) is 24.3 Å². The number of allylic oxidation sites excluding steroid dienone is 4. The van der Waals surface area contributed by atoms with Gasteiger partial charge in [-0.2, -0.15) is 0 Å². The highest BCUT2D eigenvalue weighted by atomic mass is 14.0. The number of hydrogen-bond acceptors (Lipinski definition) is 0. The normalized spacial score (nSPS) is 11.9. The molecule has 0 aromatic rings. The summed E-state index contributed by atoms with van der Waals surface area (Å²) in [6, 6.07) is 0. The van der Waals surface area contributed by atoms with E-state index in [2.05, 4.69) is 38.2 Å². The molecule has 214 valence electrons. The van der Waals surface area contributed by atoms with Crippen molar-refractivity contribution in [3.8, 4) is 0 Å². The van der Waals surface area contributed by atoms with Gasteiger partial charge in [0.05, 0.1) is 0 Å². The lowest BCUT2D eigenvalue weighted by atomic mass is 10.0. The Morgan fingerprint density at radius 1 is 0.222 bits per heavy atom. The van der Waals surface area contributed by atoms with Crippen molar-refractivity contribution in [1.82, 2.24) is 0 Å². The standard InChI is InChI=1S/C36H70/c1-3-5-7-9-11-13-15-17-19-21-23-25-27-29-31-33-35-36-34-32-30-28-26-24-22-20-18-16-14-12-10-8-6-4-2/h13,15,34,36H,3-12,14,16-33,35H2,1-2H3/b15-13-,36-34?. The van der Waals surface area contributed by atoms with Gasteiger partial charge in [0.1, 0.15) is 0 Å². The summed E-state index contributed by atoms with van der Waals surface area (Å²) >= 11 is 0. The second-order valence-corrected chi connectivity index (χ2v) is 11.6. The number of unbranched alkanes of at least 4 members (excludes halogenated alkanes) is 27. The van der Waals surface area contributed by atoms with Crippen molar-refractivity contribution in [2.45, 2.75) is 206 Å². The Kier molecular flexibility index (Phi) is 34.0. The Hall–Kier alpha value is -0.520. The summed E-state index contributed by atoms with van der Waals surface area (Å²) in [5.74, 6) is 0. The fraction of sp³-hybridized carbons (Fsp3) is 0.889. The molecule has 0 unspecified atom stereocenters. The van der Waals surface area contributed by atoms with Crippen molar-refractivity contribution in [2.75, 3.05) is 0 Å². The molecule has 0 aliphatic heterocycles. The van der Waals surface area contributed by atoms with Crippen molar-refractivity contribution in [1.29, 1.82) is 0 Å². The molecule has 36 heavy (non-hydrogen) atoms. The zero-order valence-corrected chi connectivity index (χ0v) is 25.5. The molecule has 0 radical (unpaired) electrons. The fourth-order valence-electron chi connectivity index (χ4n) is 5.20. The zero-order valence-electron chi connectivity index (χ0n) is 25.5. The molecular weight excluding hydrogens is 432 g/mol. The monoisotopic (exact) mass is 503 g/mol. The molecule has 0 rings (SSSR count). The van der Waals surface area contributed by atoms with Crippen molar-refractivity contribution >= 4 is 0 Å². The highest BCUT2D eigenvalue weighted by Gasteiger charge is 1.94. The first kappa shape index (κ1) is 35.5. The molecule has 0 aromatic heterocycles. The third-order valence-electron chi connectivity index (χ3n) is 7.77. The Bertz CT molecular complexity index is 418. The first-order valence-electron chi connectivity index (χ1n) is 17.2. The lowest BCUT2D eigenvalue weighted by molar-refractivity contribution is 0.536. The second kappa shape index (κ2) is 34.5. The Morgan fingerprint density at radius 3 is 0.611 bits per heavy atom. The van der Waals surface area contributed by atoms with Crippen LogP contribution in [0.4, 0.5) is 0 Å². The van der Waals surface area contributed by atoms with Crippen LogP contribution in [0.1, 0.15) is 206 Å². The number of rotatable bonds is 31. The van der Waals surface area contributed by atoms with Gasteiger partial charge in [-0.05, 0) is 51.4 Å². The van der Waals surface area contributed by atoms with Crippen LogP contribution >= 0.6 is 0 Å². The van der Waals surface area contributed by atoms with Gasteiger partial charge in [-0.15, -0.1) is 0 Å². The second-order valence-electron chi connectivity index (χ2n) is 11.6. The molecule has 0 atom stereocenters. The highest BCUT2D eigenvalue weighted by molar-refractivity contribution is 4.82. The van der Waals surface area contributed by atoms with Gasteiger partial charge >= 0.3 is 0 Å². The SMILES string of the molecule is CCCCCC/C=C\CCCCCCCCCCC=CCCCCCCCCCCCCCCCC. The third-order valence-corrected chi connectivity index (χ3v) is 7.77. The summed E-state index contributed by atoms with van der Waals surface area (Å²) in [6.07, 6.45) is 52.4. The molecule has 0 nitrogen and oxygen atoms in total. The summed E-state index contributed by atoms with van der Waals surface area (Å²) in [6.45, 7) is 4.59. The maximum Gasteiger partial charge on any atom is -0.0351 e. The summed E-state index contributed by atoms with van der Waals surface area (Å²) in [4.78, 5) is 0. The third kappa shape index (κ3) is 33.5. The van der Waals surface area contributed by atoms with Gasteiger partial charge in [0, 0.05) is 0 Å². The predicted octanol–water partition coefficient (Wildman–Crippen LogP) is 13.8. The first-order valence-corrected chi connectivity index (χ1v) is 17.2. The maximum absolute atomic E-state index is 2.46. The van der Waals surface area contributed by atoms with E-state index in [9.17, 15) is 0 Å². The highest BCUT2D eigenvalue weighted by Crippen LogP contribution is 2.14. The minimum atomic E-state index is 1.30. The van der Waals surface area contributed by atoms with Gasteiger partial charge < -0.3 is 0 Å². The average molecular weight is 503 g/mol. The molecular formula is C36H70. The van der Waals surface area contributed by atoms with Crippen LogP contribution in [0.25, 0.3) is 0 Å². The molecule has 0 N–H and O–H groups in total. The number of hydrogen-bond donors (Lipinski definition) is 0. The molecule has 0 spiro atoms. The maximum atomic E-state index is 2.46. The van der Waals surface area contributed by atoms with Crippen LogP contribution < -0.4 is 0 Å². The lowest BCUT2D eigenvalue weighted by Gasteiger charge is -2.03. The van der Waals surface area contributed by atoms with E-state index in [4.69, 9.17) is 0 Å². The van der Waals surface area contributed by atoms with E-state index in [1.165, 1.54) is 193 Å². The summed E-state index contributed by atoms with van der Waals surface area (Å²) in [7, 11) is 0. The summed E-state index contributed by atoms with van der Waals surface area (Å²) < 4.78 is 0. The molecule has 0 amide bonds. The van der Waals surface area contributed by atoms with E-state index >= 15 is 0 Å². The lowest BCUT2D eigenvalue weighted by Crippen LogP contribution is -1.83. The molecule has 0 aromatic carbocycles. The molecule has 0 saturated heterocycles. The largest absolute Gasteiger partial charge is 0.0885 e. The molecule has 0 fully saturated rings. The zero-order chi connectivity index (χ0) is 26.0. The minimum absolute atomic E-state index is 1.30. The van der Waals surface area contributed by atoms with Crippen molar-refractivity contribution in [3.05, 3.63) is 24.3 Å². The Balaban J connectivity index is 3.11. The topological polar surface area (TPSA) is 0 Å². The van der Waals surface area contributed by atoms with E-state index in [-0.39, 0.29) is 0 Å². The van der Waals surface area contributed by atoms with Gasteiger partial charge in [0.15, 0.2) is 0 Å². The Labute approximate surface area is 230 Å². The van der Waals surface area contributed by atoms with Crippen LogP contribution in [-0.4, -0.2) is 0 Å². The van der Waals surface area contributed by atoms with Crippen molar-refractivity contribution < 1.29 is 0 Å². The average Bonchev–Trinajstić information content (AvgIpc) is 2.89. The van der Waals surface area contributed by atoms with Crippen molar-refractivity contribution in [3.63, 3.8) is 0 Å². The van der Waals surface area contributed by atoms with Crippen LogP contribution in [0, 0.1) is 0 Å². The van der Waals surface area contributed by atoms with Gasteiger partial charge in [0.2, 0.25) is 0 Å². The van der Waals surface area contributed by atoms with Gasteiger partial charge in [0.25, 0.3) is 0 Å². The molecule has 0 aliphatic rings. The smallest absolute Gasteiger partial charge is 0.0351 e. The van der Waals surface area contributed by atoms with Crippen LogP contribution in [0.5, 0.6) is 0 Å². The molecule has 0 heteroatoms.